The number of primary amides is 1. The Hall–Kier alpha value is -3.74. The molecular formula is C25H22F4N6O2S. The molecule has 2 atom stereocenters. The number of aliphatic imine (C=N–C) groups is 1. The third-order valence-corrected chi connectivity index (χ3v) is 7.83. The third-order valence-electron chi connectivity index (χ3n) is 6.67. The Morgan fingerprint density at radius 3 is 2.71 bits per heavy atom. The van der Waals surface area contributed by atoms with Gasteiger partial charge in [0.25, 0.3) is 5.88 Å². The van der Waals surface area contributed by atoms with Crippen LogP contribution in [0.1, 0.15) is 32.9 Å². The number of aryl methyl sites for hydroxylation is 1. The Kier molecular flexibility index (Phi) is 6.49. The number of halogens is 4. The predicted octanol–water partition coefficient (Wildman–Crippen LogP) is 3.97. The molecule has 2 unspecified atom stereocenters. The van der Waals surface area contributed by atoms with Crippen LogP contribution in [0.3, 0.4) is 0 Å². The summed E-state index contributed by atoms with van der Waals surface area (Å²) < 4.78 is 60.4. The number of anilines is 1. The lowest BCUT2D eigenvalue weighted by Crippen LogP contribution is -2.40. The van der Waals surface area contributed by atoms with E-state index in [4.69, 9.17) is 15.5 Å². The Morgan fingerprint density at radius 1 is 1.24 bits per heavy atom. The number of pyridine rings is 1. The van der Waals surface area contributed by atoms with Gasteiger partial charge in [-0.3, -0.25) is 14.8 Å². The van der Waals surface area contributed by atoms with Crippen molar-refractivity contribution in [1.82, 2.24) is 15.0 Å². The van der Waals surface area contributed by atoms with E-state index in [1.54, 1.807) is 29.2 Å². The van der Waals surface area contributed by atoms with E-state index >= 15 is 0 Å². The number of carbonyl (C=O) groups is 1. The van der Waals surface area contributed by atoms with Gasteiger partial charge >= 0.3 is 6.18 Å². The van der Waals surface area contributed by atoms with E-state index in [0.29, 0.717) is 22.9 Å². The number of fused-ring (bicyclic) bond motifs is 1. The molecule has 0 spiro atoms. The van der Waals surface area contributed by atoms with Gasteiger partial charge in [0.05, 0.1) is 35.6 Å². The summed E-state index contributed by atoms with van der Waals surface area (Å²) in [4.78, 5) is 31.6. The average Bonchev–Trinajstić information content (AvgIpc) is 3.30. The maximum atomic E-state index is 14.4. The van der Waals surface area contributed by atoms with E-state index < -0.39 is 29.0 Å². The Bertz CT molecular complexity index is 1450. The molecule has 3 aromatic rings. The van der Waals surface area contributed by atoms with Crippen LogP contribution in [0.5, 0.6) is 5.88 Å². The summed E-state index contributed by atoms with van der Waals surface area (Å²) in [5, 5.41) is 0.463. The highest BCUT2D eigenvalue weighted by atomic mass is 32.2. The predicted molar refractivity (Wildman–Crippen MR) is 134 cm³/mol. The number of amides is 1. The van der Waals surface area contributed by atoms with Gasteiger partial charge in [-0.2, -0.15) is 22.5 Å². The molecule has 0 saturated carbocycles. The van der Waals surface area contributed by atoms with Gasteiger partial charge in [-0.15, -0.1) is 11.8 Å². The van der Waals surface area contributed by atoms with Crippen molar-refractivity contribution in [2.75, 3.05) is 30.9 Å². The third kappa shape index (κ3) is 4.44. The highest BCUT2D eigenvalue weighted by Gasteiger charge is 2.53. The second-order valence-corrected chi connectivity index (χ2v) is 10.0. The average molecular weight is 547 g/mol. The highest BCUT2D eigenvalue weighted by Crippen LogP contribution is 2.48. The molecule has 2 N–H and O–H groups in total. The number of benzene rings is 1. The van der Waals surface area contributed by atoms with Gasteiger partial charge in [-0.05, 0) is 25.1 Å². The Labute approximate surface area is 219 Å². The van der Waals surface area contributed by atoms with Crippen LogP contribution in [0.4, 0.5) is 23.5 Å². The maximum Gasteiger partial charge on any atom is 0.416 e. The summed E-state index contributed by atoms with van der Waals surface area (Å²) in [7, 11) is 1.29. The lowest BCUT2D eigenvalue weighted by Gasteiger charge is -2.35. The quantitative estimate of drug-likeness (QED) is 0.483. The maximum absolute atomic E-state index is 14.4. The smallest absolute Gasteiger partial charge is 0.416 e. The number of carbonyl (C=O) groups excluding carboxylic acids is 1. The summed E-state index contributed by atoms with van der Waals surface area (Å²) in [6.07, 6.45) is -3.47. The second kappa shape index (κ2) is 9.53. The Morgan fingerprint density at radius 2 is 2.00 bits per heavy atom. The molecule has 1 amide bonds. The van der Waals surface area contributed by atoms with Crippen molar-refractivity contribution >= 4 is 28.7 Å². The Balaban J connectivity index is 1.67. The highest BCUT2D eigenvalue weighted by molar-refractivity contribution is 8.14. The topological polar surface area (TPSA) is 107 Å². The van der Waals surface area contributed by atoms with Crippen LogP contribution in [0, 0.1) is 18.7 Å². The van der Waals surface area contributed by atoms with E-state index in [1.165, 1.54) is 25.8 Å². The second-order valence-electron chi connectivity index (χ2n) is 9.00. The van der Waals surface area contributed by atoms with Crippen molar-refractivity contribution in [2.45, 2.75) is 18.6 Å². The zero-order valence-corrected chi connectivity index (χ0v) is 21.1. The van der Waals surface area contributed by atoms with E-state index in [9.17, 15) is 22.4 Å². The number of rotatable bonds is 5. The molecule has 2 aliphatic rings. The lowest BCUT2D eigenvalue weighted by atomic mass is 9.84. The normalized spacial score (nSPS) is 21.2. The number of aromatic nitrogens is 3. The molecule has 1 fully saturated rings. The van der Waals surface area contributed by atoms with Gasteiger partial charge in [-0.1, -0.05) is 18.2 Å². The molecular weight excluding hydrogens is 524 g/mol. The van der Waals surface area contributed by atoms with E-state index in [1.807, 2.05) is 0 Å². The zero-order valence-electron chi connectivity index (χ0n) is 20.3. The molecule has 0 radical (unpaired) electrons. The van der Waals surface area contributed by atoms with Crippen LogP contribution in [0.15, 0.2) is 47.6 Å². The number of hydrogen-bond acceptors (Lipinski definition) is 8. The summed E-state index contributed by atoms with van der Waals surface area (Å²) in [6, 6.07) is 8.58. The number of nitrogens with two attached hydrogens (primary N) is 1. The standard InChI is InChI=1S/C25H22F4N6O2S/c1-13-19(26)21(37-2)33-23(32-13)35-10-15-11-38-22(17-6-4-3-5-16(17)20(30)36)34-24(15,12-35)18-9-14(7-8-31-18)25(27,28)29/h3-9,15H,10-12H2,1-2H3,(H2,30,36). The number of methoxy groups -OCH3 is 1. The van der Waals surface area contributed by atoms with Gasteiger partial charge in [0.2, 0.25) is 17.7 Å². The van der Waals surface area contributed by atoms with Gasteiger partial charge < -0.3 is 15.4 Å². The molecule has 2 aromatic heterocycles. The summed E-state index contributed by atoms with van der Waals surface area (Å²) in [6.45, 7) is 1.87. The van der Waals surface area contributed by atoms with Gasteiger partial charge in [0, 0.05) is 35.5 Å². The fourth-order valence-electron chi connectivity index (χ4n) is 4.77. The van der Waals surface area contributed by atoms with E-state index in [-0.39, 0.29) is 41.2 Å². The number of nitrogens with zero attached hydrogens (tertiary/aromatic N) is 5. The molecule has 13 heteroatoms. The van der Waals surface area contributed by atoms with Crippen molar-refractivity contribution in [1.29, 1.82) is 0 Å². The SMILES string of the molecule is COc1nc(N2CC3CSC(c4ccccc4C(N)=O)=NC3(c3cc(C(F)(F)F)ccn3)C2)nc(C)c1F. The molecule has 8 nitrogen and oxygen atoms in total. The van der Waals surface area contributed by atoms with Crippen molar-refractivity contribution < 1.29 is 27.1 Å². The number of ether oxygens (including phenoxy) is 1. The summed E-state index contributed by atoms with van der Waals surface area (Å²) in [5.41, 5.74) is 4.44. The molecule has 1 aromatic carbocycles. The molecule has 4 heterocycles. The number of thioether (sulfide) groups is 1. The van der Waals surface area contributed by atoms with Crippen molar-refractivity contribution in [3.63, 3.8) is 0 Å². The number of alkyl halides is 3. The van der Waals surface area contributed by atoms with Gasteiger partial charge in [-0.25, -0.2) is 4.98 Å². The minimum Gasteiger partial charge on any atom is -0.479 e. The van der Waals surface area contributed by atoms with Crippen molar-refractivity contribution in [2.24, 2.45) is 16.6 Å². The summed E-state index contributed by atoms with van der Waals surface area (Å²) in [5.74, 6) is -1.25. The van der Waals surface area contributed by atoms with Gasteiger partial charge in [0.15, 0.2) is 0 Å². The van der Waals surface area contributed by atoms with Crippen LogP contribution < -0.4 is 15.4 Å². The number of hydrogen-bond donors (Lipinski definition) is 1. The molecule has 2 aliphatic heterocycles. The molecule has 198 valence electrons. The largest absolute Gasteiger partial charge is 0.479 e. The molecule has 5 rings (SSSR count). The van der Waals surface area contributed by atoms with Crippen LogP contribution in [0.25, 0.3) is 0 Å². The van der Waals surface area contributed by atoms with Crippen LogP contribution >= 0.6 is 11.8 Å². The minimum atomic E-state index is -4.58. The van der Waals surface area contributed by atoms with Crippen molar-refractivity contribution in [3.05, 3.63) is 76.5 Å². The van der Waals surface area contributed by atoms with Gasteiger partial charge in [0.1, 0.15) is 5.54 Å². The zero-order chi connectivity index (χ0) is 27.2. The van der Waals surface area contributed by atoms with E-state index in [2.05, 4.69) is 15.0 Å². The van der Waals surface area contributed by atoms with Crippen molar-refractivity contribution in [3.8, 4) is 5.88 Å². The van der Waals surface area contributed by atoms with Crippen LogP contribution in [0.2, 0.25) is 0 Å². The van der Waals surface area contributed by atoms with Crippen LogP contribution in [-0.2, 0) is 11.7 Å². The molecule has 0 aliphatic carbocycles. The van der Waals surface area contributed by atoms with Crippen LogP contribution in [-0.4, -0.2) is 51.9 Å². The first kappa shape index (κ1) is 25.9. The first-order valence-corrected chi connectivity index (χ1v) is 12.5. The molecule has 38 heavy (non-hydrogen) atoms. The van der Waals surface area contributed by atoms with E-state index in [0.717, 1.165) is 18.3 Å². The fraction of sp³-hybridized carbons (Fsp3) is 0.320. The molecule has 0 bridgehead atoms. The lowest BCUT2D eigenvalue weighted by molar-refractivity contribution is -0.137. The molecule has 1 saturated heterocycles. The monoisotopic (exact) mass is 546 g/mol. The summed E-state index contributed by atoms with van der Waals surface area (Å²) >= 11 is 1.38. The first-order chi connectivity index (χ1) is 18.0. The fourth-order valence-corrected chi connectivity index (χ4v) is 6.07. The minimum absolute atomic E-state index is 0.0712. The first-order valence-electron chi connectivity index (χ1n) is 11.5.